The first-order valence-electron chi connectivity index (χ1n) is 12.8. The molecule has 40 heavy (non-hydrogen) atoms. The van der Waals surface area contributed by atoms with Crippen molar-refractivity contribution in [3.05, 3.63) is 106 Å². The number of hydrogen-bond donors (Lipinski definition) is 0. The first-order chi connectivity index (χ1) is 19.3. The molecule has 4 heterocycles. The molecule has 0 fully saturated rings. The smallest absolute Gasteiger partial charge is 0.338 e. The molecule has 0 spiro atoms. The minimum absolute atomic E-state index is 0.125. The summed E-state index contributed by atoms with van der Waals surface area (Å²) in [6.45, 7) is 7.94. The van der Waals surface area contributed by atoms with Crippen LogP contribution in [-0.4, -0.2) is 28.5 Å². The van der Waals surface area contributed by atoms with Crippen LogP contribution in [0.5, 0.6) is 11.5 Å². The number of ether oxygens (including phenoxy) is 3. The molecule has 10 heteroatoms. The number of nitrogens with zero attached hydrogens (tertiary/aromatic N) is 3. The molecule has 0 amide bonds. The number of carbonyl (C=O) groups is 1. The van der Waals surface area contributed by atoms with Crippen LogP contribution in [0.3, 0.4) is 0 Å². The molecule has 6 rings (SSSR count). The maximum absolute atomic E-state index is 14.0. The van der Waals surface area contributed by atoms with Gasteiger partial charge in [0.2, 0.25) is 6.79 Å². The highest BCUT2D eigenvalue weighted by molar-refractivity contribution is 9.10. The highest BCUT2D eigenvalue weighted by Gasteiger charge is 2.34. The summed E-state index contributed by atoms with van der Waals surface area (Å²) in [4.78, 5) is 32.4. The van der Waals surface area contributed by atoms with Crippen molar-refractivity contribution in [3.8, 4) is 17.2 Å². The van der Waals surface area contributed by atoms with E-state index in [1.54, 1.807) is 24.5 Å². The number of benzene rings is 2. The van der Waals surface area contributed by atoms with Crippen molar-refractivity contribution in [2.45, 2.75) is 33.7 Å². The largest absolute Gasteiger partial charge is 0.463 e. The van der Waals surface area contributed by atoms with E-state index < -0.39 is 12.0 Å². The van der Waals surface area contributed by atoms with Crippen LogP contribution in [0, 0.1) is 13.8 Å². The molecule has 1 unspecified atom stereocenters. The highest BCUT2D eigenvalue weighted by Crippen LogP contribution is 2.38. The van der Waals surface area contributed by atoms with E-state index in [4.69, 9.17) is 14.2 Å². The van der Waals surface area contributed by atoms with E-state index in [0.29, 0.717) is 37.7 Å². The highest BCUT2D eigenvalue weighted by atomic mass is 79.9. The van der Waals surface area contributed by atoms with Crippen LogP contribution >= 0.6 is 27.3 Å². The van der Waals surface area contributed by atoms with Crippen molar-refractivity contribution >= 4 is 39.3 Å². The Morgan fingerprint density at radius 2 is 1.88 bits per heavy atom. The van der Waals surface area contributed by atoms with Crippen LogP contribution in [0.2, 0.25) is 0 Å². The number of esters is 1. The third-order valence-corrected chi connectivity index (χ3v) is 8.58. The molecule has 204 valence electrons. The van der Waals surface area contributed by atoms with E-state index in [0.717, 1.165) is 27.1 Å². The standard InChI is InChI=1S/C30H26BrN3O5S/c1-5-37-29(36)26-17(3)32-30-34(27(26)19-6-11-23-24(13-19)39-15-38-23)28(35)25(40-30)14-20-12-16(2)33(18(20)4)22-9-7-21(31)8-10-22/h6-14,27H,5,15H2,1-4H3/b25-14-. The fourth-order valence-corrected chi connectivity index (χ4v) is 6.55. The Balaban J connectivity index is 1.52. The van der Waals surface area contributed by atoms with Crippen molar-refractivity contribution < 1.29 is 19.0 Å². The second kappa shape index (κ2) is 10.3. The van der Waals surface area contributed by atoms with E-state index in [1.165, 1.54) is 11.3 Å². The van der Waals surface area contributed by atoms with Gasteiger partial charge in [-0.2, -0.15) is 0 Å². The zero-order valence-corrected chi connectivity index (χ0v) is 24.8. The van der Waals surface area contributed by atoms with Crippen LogP contribution in [0.15, 0.2) is 74.1 Å². The van der Waals surface area contributed by atoms with E-state index >= 15 is 0 Å². The molecule has 1 atom stereocenters. The normalized spacial score (nSPS) is 16.2. The molecule has 0 saturated heterocycles. The monoisotopic (exact) mass is 619 g/mol. The number of aryl methyl sites for hydroxylation is 1. The van der Waals surface area contributed by atoms with Crippen molar-refractivity contribution in [1.29, 1.82) is 0 Å². The number of allylic oxidation sites excluding steroid dienone is 1. The fourth-order valence-electron chi connectivity index (χ4n) is 5.25. The van der Waals surface area contributed by atoms with Crippen LogP contribution in [0.4, 0.5) is 0 Å². The van der Waals surface area contributed by atoms with Crippen LogP contribution in [-0.2, 0) is 9.53 Å². The number of thiazole rings is 1. The molecule has 0 N–H and O–H groups in total. The Morgan fingerprint density at radius 1 is 1.12 bits per heavy atom. The number of carbonyl (C=O) groups excluding carboxylic acids is 1. The van der Waals surface area contributed by atoms with Gasteiger partial charge in [0.1, 0.15) is 0 Å². The summed E-state index contributed by atoms with van der Waals surface area (Å²) in [5, 5.41) is 0. The van der Waals surface area contributed by atoms with Gasteiger partial charge in [0.25, 0.3) is 5.56 Å². The van der Waals surface area contributed by atoms with Crippen LogP contribution in [0.25, 0.3) is 11.8 Å². The Labute approximate surface area is 242 Å². The molecule has 0 saturated carbocycles. The number of aromatic nitrogens is 2. The molecule has 4 aromatic rings. The minimum Gasteiger partial charge on any atom is -0.463 e. The second-order valence-corrected chi connectivity index (χ2v) is 11.5. The predicted molar refractivity (Wildman–Crippen MR) is 156 cm³/mol. The Hall–Kier alpha value is -3.89. The minimum atomic E-state index is -0.720. The van der Waals surface area contributed by atoms with Crippen molar-refractivity contribution in [3.63, 3.8) is 0 Å². The van der Waals surface area contributed by atoms with E-state index in [2.05, 4.69) is 31.6 Å². The Bertz CT molecular complexity index is 1880. The topological polar surface area (TPSA) is 84.1 Å². The summed E-state index contributed by atoms with van der Waals surface area (Å²) in [5.41, 5.74) is 5.37. The molecule has 2 aromatic heterocycles. The molecule has 0 aliphatic carbocycles. The summed E-state index contributed by atoms with van der Waals surface area (Å²) in [7, 11) is 0. The van der Waals surface area contributed by atoms with Gasteiger partial charge in [-0.3, -0.25) is 9.36 Å². The number of hydrogen-bond acceptors (Lipinski definition) is 7. The van der Waals surface area contributed by atoms with E-state index in [-0.39, 0.29) is 19.0 Å². The maximum Gasteiger partial charge on any atom is 0.338 e. The molecule has 0 radical (unpaired) electrons. The summed E-state index contributed by atoms with van der Waals surface area (Å²) in [5.74, 6) is 0.687. The third kappa shape index (κ3) is 4.41. The first kappa shape index (κ1) is 26.3. The summed E-state index contributed by atoms with van der Waals surface area (Å²) in [6.07, 6.45) is 1.90. The molecule has 8 nitrogen and oxygen atoms in total. The zero-order valence-electron chi connectivity index (χ0n) is 22.4. The fraction of sp³-hybridized carbons (Fsp3) is 0.233. The number of fused-ring (bicyclic) bond motifs is 2. The maximum atomic E-state index is 14.0. The molecule has 2 aliphatic heterocycles. The Morgan fingerprint density at radius 3 is 2.62 bits per heavy atom. The van der Waals surface area contributed by atoms with Crippen LogP contribution in [0.1, 0.15) is 42.4 Å². The quantitative estimate of drug-likeness (QED) is 0.303. The average molecular weight is 621 g/mol. The average Bonchev–Trinajstić information content (AvgIpc) is 3.59. The lowest BCUT2D eigenvalue weighted by Gasteiger charge is -2.24. The number of rotatable bonds is 5. The van der Waals surface area contributed by atoms with Crippen molar-refractivity contribution in [2.24, 2.45) is 4.99 Å². The lowest BCUT2D eigenvalue weighted by atomic mass is 9.95. The third-order valence-electron chi connectivity index (χ3n) is 7.07. The zero-order chi connectivity index (χ0) is 28.1. The van der Waals surface area contributed by atoms with Gasteiger partial charge in [0.15, 0.2) is 16.3 Å². The van der Waals surface area contributed by atoms with Gasteiger partial charge in [0.05, 0.1) is 28.5 Å². The molecule has 2 aromatic carbocycles. The van der Waals surface area contributed by atoms with Crippen molar-refractivity contribution in [1.82, 2.24) is 9.13 Å². The molecular weight excluding hydrogens is 594 g/mol. The Kier molecular flexibility index (Phi) is 6.75. The first-order valence-corrected chi connectivity index (χ1v) is 14.4. The van der Waals surface area contributed by atoms with Gasteiger partial charge < -0.3 is 18.8 Å². The predicted octanol–water partition coefficient (Wildman–Crippen LogP) is 4.70. The lowest BCUT2D eigenvalue weighted by molar-refractivity contribution is -0.139. The molecule has 0 bridgehead atoms. The van der Waals surface area contributed by atoms with Gasteiger partial charge in [-0.05, 0) is 87.4 Å². The van der Waals surface area contributed by atoms with E-state index in [1.807, 2.05) is 56.3 Å². The second-order valence-electron chi connectivity index (χ2n) is 9.55. The molecule has 2 aliphatic rings. The summed E-state index contributed by atoms with van der Waals surface area (Å²) in [6, 6.07) is 14.9. The van der Waals surface area contributed by atoms with Gasteiger partial charge in [-0.15, -0.1) is 0 Å². The summed E-state index contributed by atoms with van der Waals surface area (Å²) >= 11 is 4.80. The lowest BCUT2D eigenvalue weighted by Crippen LogP contribution is -2.39. The SMILES string of the molecule is CCOC(=O)C1=C(C)N=c2s/c(=C\c3cc(C)n(-c4ccc(Br)cc4)c3C)c(=O)n2C1c1ccc2c(c1)OCO2. The summed E-state index contributed by atoms with van der Waals surface area (Å²) < 4.78 is 21.8. The van der Waals surface area contributed by atoms with Gasteiger partial charge in [-0.25, -0.2) is 9.79 Å². The number of halogens is 1. The van der Waals surface area contributed by atoms with Gasteiger partial charge in [0, 0.05) is 21.5 Å². The molecular formula is C30H26BrN3O5S. The van der Waals surface area contributed by atoms with Crippen molar-refractivity contribution in [2.75, 3.05) is 13.4 Å². The van der Waals surface area contributed by atoms with Gasteiger partial charge in [-0.1, -0.05) is 33.3 Å². The van der Waals surface area contributed by atoms with Gasteiger partial charge >= 0.3 is 5.97 Å². The van der Waals surface area contributed by atoms with E-state index in [9.17, 15) is 9.59 Å². The van der Waals surface area contributed by atoms with Crippen LogP contribution < -0.4 is 24.4 Å².